The van der Waals surface area contributed by atoms with Crippen LogP contribution in [0.5, 0.6) is 0 Å². The molecule has 0 saturated carbocycles. The molecule has 0 fully saturated rings. The quantitative estimate of drug-likeness (QED) is 0.491. The summed E-state index contributed by atoms with van der Waals surface area (Å²) >= 11 is 5.74. The van der Waals surface area contributed by atoms with Crippen LogP contribution in [0.1, 0.15) is 16.1 Å². The molecule has 20 heavy (non-hydrogen) atoms. The van der Waals surface area contributed by atoms with Gasteiger partial charge in [0.05, 0.1) is 4.92 Å². The lowest BCUT2D eigenvalue weighted by molar-refractivity contribution is -0.384. The van der Waals surface area contributed by atoms with Gasteiger partial charge in [-0.2, -0.15) is 0 Å². The topological polar surface area (TPSA) is 82.3 Å². The highest BCUT2D eigenvalue weighted by Crippen LogP contribution is 2.14. The number of aromatic nitrogens is 1. The second-order valence-corrected chi connectivity index (χ2v) is 4.30. The van der Waals surface area contributed by atoms with Gasteiger partial charge in [-0.1, -0.05) is 11.6 Å². The predicted molar refractivity (Wildman–Crippen MR) is 71.5 cm³/mol. The smallest absolute Gasteiger partial charge is 0.357 e. The number of non-ortho nitro benzene ring substituents is 1. The maximum atomic E-state index is 11.7. The maximum absolute atomic E-state index is 11.7. The molecule has 0 amide bonds. The van der Waals surface area contributed by atoms with Gasteiger partial charge in [-0.3, -0.25) is 10.1 Å². The van der Waals surface area contributed by atoms with E-state index in [9.17, 15) is 14.9 Å². The highest BCUT2D eigenvalue weighted by atomic mass is 35.5. The van der Waals surface area contributed by atoms with Gasteiger partial charge in [0.25, 0.3) is 5.69 Å². The minimum absolute atomic E-state index is 0.00498. The molecule has 0 atom stereocenters. The highest BCUT2D eigenvalue weighted by molar-refractivity contribution is 6.30. The first-order valence-corrected chi connectivity index (χ1v) is 5.96. The average molecular weight is 293 g/mol. The van der Waals surface area contributed by atoms with E-state index in [0.717, 1.165) is 0 Å². The summed E-state index contributed by atoms with van der Waals surface area (Å²) in [6.07, 6.45) is 1.41. The van der Waals surface area contributed by atoms with Crippen LogP contribution in [-0.2, 0) is 11.3 Å². The van der Waals surface area contributed by atoms with Crippen molar-refractivity contribution >= 4 is 23.3 Å². The molecule has 0 aliphatic heterocycles. The lowest BCUT2D eigenvalue weighted by Crippen LogP contribution is -2.07. The van der Waals surface area contributed by atoms with Crippen LogP contribution in [0.2, 0.25) is 5.02 Å². The average Bonchev–Trinajstić information content (AvgIpc) is 2.45. The minimum atomic E-state index is -0.606. The fourth-order valence-corrected chi connectivity index (χ4v) is 1.61. The Hall–Kier alpha value is -2.47. The fraction of sp³-hybridized carbons (Fsp3) is 0.0769. The zero-order valence-corrected chi connectivity index (χ0v) is 10.9. The summed E-state index contributed by atoms with van der Waals surface area (Å²) in [5, 5.41) is 10.9. The number of nitro groups is 1. The van der Waals surface area contributed by atoms with Crippen LogP contribution < -0.4 is 0 Å². The van der Waals surface area contributed by atoms with Crippen LogP contribution in [0.4, 0.5) is 5.69 Å². The van der Waals surface area contributed by atoms with Crippen molar-refractivity contribution in [2.45, 2.75) is 6.61 Å². The summed E-state index contributed by atoms with van der Waals surface area (Å²) in [6, 6.07) is 8.70. The molecule has 0 unspecified atom stereocenters. The first-order valence-electron chi connectivity index (χ1n) is 5.58. The Morgan fingerprint density at radius 2 is 2.00 bits per heavy atom. The number of halogens is 1. The Morgan fingerprint density at radius 1 is 1.30 bits per heavy atom. The summed E-state index contributed by atoms with van der Waals surface area (Å²) in [5.74, 6) is -0.606. The SMILES string of the molecule is O=C(OCc1ccc([N+](=O)[O-])cc1)c1cc(Cl)ccn1. The van der Waals surface area contributed by atoms with Crippen molar-refractivity contribution in [2.75, 3.05) is 0 Å². The molecule has 1 heterocycles. The van der Waals surface area contributed by atoms with Crippen molar-refractivity contribution in [3.05, 3.63) is 69.0 Å². The number of nitrogens with zero attached hydrogens (tertiary/aromatic N) is 2. The van der Waals surface area contributed by atoms with Crippen molar-refractivity contribution < 1.29 is 14.5 Å². The Bertz CT molecular complexity index is 643. The van der Waals surface area contributed by atoms with Crippen LogP contribution in [0, 0.1) is 10.1 Å². The number of pyridine rings is 1. The molecule has 0 aliphatic carbocycles. The molecule has 0 N–H and O–H groups in total. The van der Waals surface area contributed by atoms with Gasteiger partial charge in [-0.25, -0.2) is 9.78 Å². The highest BCUT2D eigenvalue weighted by Gasteiger charge is 2.10. The minimum Gasteiger partial charge on any atom is -0.456 e. The molecule has 2 aromatic rings. The summed E-state index contributed by atoms with van der Waals surface area (Å²) in [6.45, 7) is 0.00498. The molecule has 0 bridgehead atoms. The Balaban J connectivity index is 1.98. The van der Waals surface area contributed by atoms with Gasteiger partial charge < -0.3 is 4.74 Å². The van der Waals surface area contributed by atoms with E-state index in [1.54, 1.807) is 6.07 Å². The van der Waals surface area contributed by atoms with Gasteiger partial charge in [-0.15, -0.1) is 0 Å². The lowest BCUT2D eigenvalue weighted by atomic mass is 10.2. The number of rotatable bonds is 4. The Morgan fingerprint density at radius 3 is 2.60 bits per heavy atom. The molecule has 2 rings (SSSR count). The van der Waals surface area contributed by atoms with Crippen molar-refractivity contribution in [2.24, 2.45) is 0 Å². The van der Waals surface area contributed by atoms with Gasteiger partial charge in [0, 0.05) is 23.4 Å². The van der Waals surface area contributed by atoms with Gasteiger partial charge in [0.15, 0.2) is 0 Å². The number of esters is 1. The molecule has 0 saturated heterocycles. The van der Waals surface area contributed by atoms with E-state index in [4.69, 9.17) is 16.3 Å². The largest absolute Gasteiger partial charge is 0.456 e. The van der Waals surface area contributed by atoms with Crippen LogP contribution in [0.3, 0.4) is 0 Å². The van der Waals surface area contributed by atoms with Gasteiger partial charge in [0.1, 0.15) is 12.3 Å². The lowest BCUT2D eigenvalue weighted by Gasteiger charge is -2.04. The van der Waals surface area contributed by atoms with Crippen molar-refractivity contribution in [1.29, 1.82) is 0 Å². The zero-order valence-electron chi connectivity index (χ0n) is 10.2. The van der Waals surface area contributed by atoms with Gasteiger partial charge in [-0.05, 0) is 29.8 Å². The number of benzene rings is 1. The van der Waals surface area contributed by atoms with Crippen molar-refractivity contribution in [1.82, 2.24) is 4.98 Å². The molecule has 1 aromatic heterocycles. The molecule has 7 heteroatoms. The van der Waals surface area contributed by atoms with E-state index in [0.29, 0.717) is 10.6 Å². The number of hydrogen-bond donors (Lipinski definition) is 0. The van der Waals surface area contributed by atoms with Crippen LogP contribution >= 0.6 is 11.6 Å². The number of carbonyl (C=O) groups is 1. The van der Waals surface area contributed by atoms with Crippen LogP contribution in [0.15, 0.2) is 42.6 Å². The van der Waals surface area contributed by atoms with Crippen LogP contribution in [0.25, 0.3) is 0 Å². The van der Waals surface area contributed by atoms with E-state index < -0.39 is 10.9 Å². The van der Waals surface area contributed by atoms with Crippen LogP contribution in [-0.4, -0.2) is 15.9 Å². The third kappa shape index (κ3) is 3.52. The maximum Gasteiger partial charge on any atom is 0.357 e. The third-order valence-corrected chi connectivity index (χ3v) is 2.68. The predicted octanol–water partition coefficient (Wildman–Crippen LogP) is 3.00. The number of hydrogen-bond acceptors (Lipinski definition) is 5. The van der Waals surface area contributed by atoms with Gasteiger partial charge >= 0.3 is 5.97 Å². The van der Waals surface area contributed by atoms with Crippen molar-refractivity contribution in [3.8, 4) is 0 Å². The van der Waals surface area contributed by atoms with Gasteiger partial charge in [0.2, 0.25) is 0 Å². The monoisotopic (exact) mass is 292 g/mol. The Labute approximate surface area is 119 Å². The molecular weight excluding hydrogens is 284 g/mol. The normalized spacial score (nSPS) is 10.1. The van der Waals surface area contributed by atoms with E-state index in [-0.39, 0.29) is 18.0 Å². The first-order chi connectivity index (χ1) is 9.56. The summed E-state index contributed by atoms with van der Waals surface area (Å²) in [5.41, 5.74) is 0.738. The summed E-state index contributed by atoms with van der Waals surface area (Å²) in [4.78, 5) is 25.5. The molecule has 0 aliphatic rings. The number of ether oxygens (including phenoxy) is 1. The molecule has 0 radical (unpaired) electrons. The summed E-state index contributed by atoms with van der Waals surface area (Å²) in [7, 11) is 0. The van der Waals surface area contributed by atoms with Crippen molar-refractivity contribution in [3.63, 3.8) is 0 Å². The number of carbonyl (C=O) groups excluding carboxylic acids is 1. The molecular formula is C13H9ClN2O4. The summed E-state index contributed by atoms with van der Waals surface area (Å²) < 4.78 is 5.04. The molecule has 0 spiro atoms. The first kappa shape index (κ1) is 14.0. The second-order valence-electron chi connectivity index (χ2n) is 3.86. The number of nitro benzene ring substituents is 1. The third-order valence-electron chi connectivity index (χ3n) is 2.45. The van der Waals surface area contributed by atoms with E-state index >= 15 is 0 Å². The molecule has 6 nitrogen and oxygen atoms in total. The molecule has 1 aromatic carbocycles. The standard InChI is InChI=1S/C13H9ClN2O4/c14-10-5-6-15-12(7-10)13(17)20-8-9-1-3-11(4-2-9)16(18)19/h1-7H,8H2. The fourth-order valence-electron chi connectivity index (χ4n) is 1.45. The Kier molecular flexibility index (Phi) is 4.27. The van der Waals surface area contributed by atoms with E-state index in [1.165, 1.54) is 36.5 Å². The molecule has 102 valence electrons. The second kappa shape index (κ2) is 6.12. The van der Waals surface area contributed by atoms with E-state index in [1.807, 2.05) is 0 Å². The van der Waals surface area contributed by atoms with E-state index in [2.05, 4.69) is 4.98 Å². The zero-order chi connectivity index (χ0) is 14.5.